The van der Waals surface area contributed by atoms with Gasteiger partial charge in [0.15, 0.2) is 0 Å². The number of rotatable bonds is 3. The summed E-state index contributed by atoms with van der Waals surface area (Å²) in [6.45, 7) is 3.68. The van der Waals surface area contributed by atoms with Crippen LogP contribution in [0.3, 0.4) is 0 Å². The van der Waals surface area contributed by atoms with E-state index in [1.165, 1.54) is 24.3 Å². The molecule has 29 heavy (non-hydrogen) atoms. The van der Waals surface area contributed by atoms with E-state index in [1.807, 2.05) is 4.90 Å². The molecule has 0 spiro atoms. The summed E-state index contributed by atoms with van der Waals surface area (Å²) in [5.74, 6) is -1.29. The number of piperidine rings is 1. The van der Waals surface area contributed by atoms with Crippen molar-refractivity contribution in [2.24, 2.45) is 5.92 Å². The highest BCUT2D eigenvalue weighted by molar-refractivity contribution is 6.04. The number of aromatic nitrogens is 2. The average Bonchev–Trinajstić information content (AvgIpc) is 2.68. The lowest BCUT2D eigenvalue weighted by Crippen LogP contribution is -2.40. The molecule has 2 aliphatic rings. The molecule has 0 bridgehead atoms. The van der Waals surface area contributed by atoms with E-state index in [1.54, 1.807) is 0 Å². The van der Waals surface area contributed by atoms with Crippen molar-refractivity contribution in [3.8, 4) is 0 Å². The second kappa shape index (κ2) is 7.65. The van der Waals surface area contributed by atoms with E-state index in [2.05, 4.69) is 27.5 Å². The van der Waals surface area contributed by atoms with Gasteiger partial charge in [-0.2, -0.15) is 4.98 Å². The number of fused-ring (bicyclic) bond motifs is 1. The molecule has 2 atom stereocenters. The maximum absolute atomic E-state index is 13.1. The van der Waals surface area contributed by atoms with Crippen LogP contribution >= 0.6 is 0 Å². The molecule has 1 fully saturated rings. The van der Waals surface area contributed by atoms with Gasteiger partial charge < -0.3 is 15.5 Å². The summed E-state index contributed by atoms with van der Waals surface area (Å²) in [6, 6.07) is 5.27. The molecule has 1 aromatic heterocycles. The van der Waals surface area contributed by atoms with Gasteiger partial charge in [0.05, 0.1) is 11.5 Å². The molecule has 3 N–H and O–H groups in total. The highest BCUT2D eigenvalue weighted by Gasteiger charge is 2.35. The minimum atomic E-state index is -0.977. The maximum Gasteiger partial charge on any atom is 0.258 e. The van der Waals surface area contributed by atoms with Crippen molar-refractivity contribution >= 4 is 29.3 Å². The van der Waals surface area contributed by atoms with Crippen molar-refractivity contribution in [2.75, 3.05) is 28.6 Å². The summed E-state index contributed by atoms with van der Waals surface area (Å²) in [7, 11) is 0. The van der Waals surface area contributed by atoms with Crippen LogP contribution in [0.2, 0.25) is 0 Å². The Hall–Kier alpha value is -3.23. The highest BCUT2D eigenvalue weighted by Crippen LogP contribution is 2.31. The number of benzene rings is 1. The first-order valence-electron chi connectivity index (χ1n) is 9.66. The Balaban J connectivity index is 1.63. The van der Waals surface area contributed by atoms with Crippen LogP contribution in [-0.2, 0) is 9.59 Å². The van der Waals surface area contributed by atoms with E-state index < -0.39 is 23.2 Å². The van der Waals surface area contributed by atoms with Gasteiger partial charge in [0.2, 0.25) is 17.8 Å². The normalized spacial score (nSPS) is 21.3. The molecule has 2 aromatic rings. The number of aromatic amines is 1. The van der Waals surface area contributed by atoms with Crippen molar-refractivity contribution in [2.45, 2.75) is 32.1 Å². The summed E-state index contributed by atoms with van der Waals surface area (Å²) in [5, 5.41) is 5.26. The molecule has 3 heterocycles. The summed E-state index contributed by atoms with van der Waals surface area (Å²) < 4.78 is 13.1. The molecule has 152 valence electrons. The minimum Gasteiger partial charge on any atom is -0.342 e. The van der Waals surface area contributed by atoms with Crippen LogP contribution in [0.25, 0.3) is 0 Å². The molecule has 8 nitrogen and oxygen atoms in total. The van der Waals surface area contributed by atoms with Gasteiger partial charge in [-0.3, -0.25) is 19.4 Å². The molecule has 1 saturated heterocycles. The lowest BCUT2D eigenvalue weighted by Gasteiger charge is -2.32. The Bertz CT molecular complexity index is 1000. The van der Waals surface area contributed by atoms with Gasteiger partial charge in [-0.1, -0.05) is 6.92 Å². The standard InChI is InChI=1S/C20H22FN5O3/c1-11-3-2-8-26(10-11)20-24-17-16(19(29)25-20)14(9-15(27)23-17)18(28)22-13-6-4-12(21)5-7-13/h4-7,11,14H,2-3,8-10H2,1H3,(H,22,28)(H2,23,24,25,27,29)/t11-,14-/m0/s1. The topological polar surface area (TPSA) is 107 Å². The second-order valence-corrected chi connectivity index (χ2v) is 7.65. The molecular formula is C20H22FN5O3. The Kier molecular flexibility index (Phi) is 5.04. The third-order valence-corrected chi connectivity index (χ3v) is 5.32. The number of nitrogens with zero attached hydrogens (tertiary/aromatic N) is 2. The third kappa shape index (κ3) is 3.98. The average molecular weight is 399 g/mol. The molecule has 1 aromatic carbocycles. The van der Waals surface area contributed by atoms with Crippen molar-refractivity contribution in [3.63, 3.8) is 0 Å². The fourth-order valence-electron chi connectivity index (χ4n) is 3.88. The summed E-state index contributed by atoms with van der Waals surface area (Å²) in [4.78, 5) is 47.0. The summed E-state index contributed by atoms with van der Waals surface area (Å²) in [5.41, 5.74) is 0.0766. The van der Waals surface area contributed by atoms with Gasteiger partial charge in [-0.05, 0) is 43.0 Å². The van der Waals surface area contributed by atoms with Crippen LogP contribution in [-0.4, -0.2) is 34.9 Å². The first-order chi connectivity index (χ1) is 13.9. The predicted octanol–water partition coefficient (Wildman–Crippen LogP) is 2.21. The largest absolute Gasteiger partial charge is 0.342 e. The van der Waals surface area contributed by atoms with E-state index in [0.29, 0.717) is 17.6 Å². The Morgan fingerprint density at radius 2 is 2.03 bits per heavy atom. The third-order valence-electron chi connectivity index (χ3n) is 5.32. The smallest absolute Gasteiger partial charge is 0.258 e. The fourth-order valence-corrected chi connectivity index (χ4v) is 3.88. The van der Waals surface area contributed by atoms with Crippen LogP contribution in [0.1, 0.15) is 37.7 Å². The number of anilines is 3. The lowest BCUT2D eigenvalue weighted by molar-refractivity contribution is -0.123. The van der Waals surface area contributed by atoms with E-state index in [0.717, 1.165) is 25.9 Å². The molecular weight excluding hydrogens is 377 g/mol. The van der Waals surface area contributed by atoms with Gasteiger partial charge >= 0.3 is 0 Å². The maximum atomic E-state index is 13.1. The summed E-state index contributed by atoms with van der Waals surface area (Å²) in [6.07, 6.45) is 1.95. The molecule has 9 heteroatoms. The van der Waals surface area contributed by atoms with Crippen LogP contribution < -0.4 is 21.1 Å². The number of hydrogen-bond donors (Lipinski definition) is 3. The van der Waals surface area contributed by atoms with Crippen LogP contribution in [0.5, 0.6) is 0 Å². The molecule has 0 radical (unpaired) electrons. The number of halogens is 1. The van der Waals surface area contributed by atoms with Gasteiger partial charge in [-0.15, -0.1) is 0 Å². The SMILES string of the molecule is C[C@H]1CCCN(c2nc3c(c(=O)[nH]2)[C@@H](C(=O)Nc2ccc(F)cc2)CC(=O)N3)C1. The lowest BCUT2D eigenvalue weighted by atomic mass is 9.92. The highest BCUT2D eigenvalue weighted by atomic mass is 19.1. The predicted molar refractivity (Wildman–Crippen MR) is 106 cm³/mol. The fraction of sp³-hybridized carbons (Fsp3) is 0.400. The molecule has 4 rings (SSSR count). The Morgan fingerprint density at radius 3 is 2.76 bits per heavy atom. The van der Waals surface area contributed by atoms with Crippen molar-refractivity contribution < 1.29 is 14.0 Å². The number of amides is 2. The zero-order valence-electron chi connectivity index (χ0n) is 16.0. The molecule has 0 aliphatic carbocycles. The van der Waals surface area contributed by atoms with Crippen molar-refractivity contribution in [1.82, 2.24) is 9.97 Å². The van der Waals surface area contributed by atoms with Crippen LogP contribution in [0.15, 0.2) is 29.1 Å². The van der Waals surface area contributed by atoms with Gasteiger partial charge in [0, 0.05) is 25.2 Å². The van der Waals surface area contributed by atoms with Gasteiger partial charge in [0.1, 0.15) is 11.6 Å². The van der Waals surface area contributed by atoms with Crippen LogP contribution in [0.4, 0.5) is 21.8 Å². The zero-order valence-corrected chi connectivity index (χ0v) is 16.0. The Labute approximate surface area is 166 Å². The van der Waals surface area contributed by atoms with Crippen LogP contribution in [0, 0.1) is 11.7 Å². The van der Waals surface area contributed by atoms with Crippen molar-refractivity contribution in [1.29, 1.82) is 0 Å². The number of H-pyrrole nitrogens is 1. The molecule has 0 saturated carbocycles. The molecule has 2 amide bonds. The number of hydrogen-bond acceptors (Lipinski definition) is 5. The zero-order chi connectivity index (χ0) is 20.5. The number of nitrogens with one attached hydrogen (secondary N) is 3. The van der Waals surface area contributed by atoms with Gasteiger partial charge in [-0.25, -0.2) is 4.39 Å². The molecule has 0 unspecified atom stereocenters. The Morgan fingerprint density at radius 1 is 1.28 bits per heavy atom. The second-order valence-electron chi connectivity index (χ2n) is 7.65. The first kappa shape index (κ1) is 19.1. The van der Waals surface area contributed by atoms with E-state index in [-0.39, 0.29) is 23.7 Å². The number of carbonyl (C=O) groups is 2. The van der Waals surface area contributed by atoms with E-state index >= 15 is 0 Å². The van der Waals surface area contributed by atoms with Gasteiger partial charge in [0.25, 0.3) is 5.56 Å². The van der Waals surface area contributed by atoms with E-state index in [4.69, 9.17) is 0 Å². The number of carbonyl (C=O) groups excluding carboxylic acids is 2. The van der Waals surface area contributed by atoms with E-state index in [9.17, 15) is 18.8 Å². The minimum absolute atomic E-state index is 0.123. The summed E-state index contributed by atoms with van der Waals surface area (Å²) >= 11 is 0. The first-order valence-corrected chi connectivity index (χ1v) is 9.66. The quantitative estimate of drug-likeness (QED) is 0.734. The monoisotopic (exact) mass is 399 g/mol. The van der Waals surface area contributed by atoms with Crippen molar-refractivity contribution in [3.05, 3.63) is 46.0 Å². The molecule has 2 aliphatic heterocycles.